The summed E-state index contributed by atoms with van der Waals surface area (Å²) in [5.74, 6) is 5.42. The Bertz CT molecular complexity index is 1860. The number of carbonyl (C=O) groups is 1. The number of hydrogen-bond acceptors (Lipinski definition) is 7. The van der Waals surface area contributed by atoms with E-state index in [1.807, 2.05) is 0 Å². The molecule has 1 unspecified atom stereocenters. The summed E-state index contributed by atoms with van der Waals surface area (Å²) in [6.07, 6.45) is 20.4. The van der Waals surface area contributed by atoms with Crippen LogP contribution in [0.3, 0.4) is 0 Å². The van der Waals surface area contributed by atoms with E-state index in [9.17, 15) is 15.2 Å². The average molecular weight is 809 g/mol. The number of ether oxygens (including phenoxy) is 1. The maximum atomic E-state index is 12.8. The number of hydrogen-bond donors (Lipinski definition) is 2. The zero-order valence-corrected chi connectivity index (χ0v) is 37.5. The van der Waals surface area contributed by atoms with E-state index in [0.29, 0.717) is 59.3 Å². The second-order valence-electron chi connectivity index (χ2n) is 21.4. The van der Waals surface area contributed by atoms with Crippen molar-refractivity contribution in [3.8, 4) is 11.9 Å². The molecule has 2 N–H and O–H groups in total. The van der Waals surface area contributed by atoms with E-state index in [-0.39, 0.29) is 28.9 Å². The third kappa shape index (κ3) is 6.75. The summed E-state index contributed by atoms with van der Waals surface area (Å²) in [4.78, 5) is 19.7. The van der Waals surface area contributed by atoms with Gasteiger partial charge in [0.25, 0.3) is 0 Å². The lowest BCUT2D eigenvalue weighted by atomic mass is 9.33. The van der Waals surface area contributed by atoms with E-state index in [0.717, 1.165) is 25.3 Å². The van der Waals surface area contributed by atoms with Crippen LogP contribution in [-0.2, 0) is 4.79 Å². The number of thioether (sulfide) groups is 1. The normalized spacial score (nSPS) is 40.7. The van der Waals surface area contributed by atoms with Crippen LogP contribution in [0.15, 0.2) is 53.8 Å². The molecule has 58 heavy (non-hydrogen) atoms. The molecule has 2 heterocycles. The Morgan fingerprint density at radius 3 is 2.52 bits per heavy atom. The van der Waals surface area contributed by atoms with Gasteiger partial charge in [0.1, 0.15) is 11.6 Å². The third-order valence-corrected chi connectivity index (χ3v) is 19.7. The molecule has 0 radical (unpaired) electrons. The molecule has 0 amide bonds. The summed E-state index contributed by atoms with van der Waals surface area (Å²) in [6.45, 7) is 25.2. The Morgan fingerprint density at radius 1 is 1.02 bits per heavy atom. The third-order valence-electron chi connectivity index (χ3n) is 18.8. The molecule has 0 spiro atoms. The summed E-state index contributed by atoms with van der Waals surface area (Å²) < 4.78 is 5.88. The number of fused-ring (bicyclic) bond motifs is 7. The van der Waals surface area contributed by atoms with Crippen LogP contribution in [0.4, 0.5) is 0 Å². The van der Waals surface area contributed by atoms with E-state index < -0.39 is 11.4 Å². The highest BCUT2D eigenvalue weighted by Gasteiger charge is 2.70. The van der Waals surface area contributed by atoms with Crippen LogP contribution in [0.5, 0.6) is 5.88 Å². The Morgan fingerprint density at radius 2 is 1.81 bits per heavy atom. The van der Waals surface area contributed by atoms with Gasteiger partial charge in [-0.2, -0.15) is 17.0 Å². The minimum atomic E-state index is -0.873. The quantitative estimate of drug-likeness (QED) is 0.213. The first-order chi connectivity index (χ1) is 27.6. The summed E-state index contributed by atoms with van der Waals surface area (Å²) in [5.41, 5.74) is 4.91. The van der Waals surface area contributed by atoms with E-state index in [1.165, 1.54) is 99.2 Å². The number of rotatable bonds is 11. The van der Waals surface area contributed by atoms with Crippen molar-refractivity contribution in [2.24, 2.45) is 56.7 Å². The molecular weight excluding hydrogens is 737 g/mol. The minimum Gasteiger partial charge on any atom is -0.481 e. The Hall–Kier alpha value is -2.60. The number of carboxylic acids is 1. The van der Waals surface area contributed by atoms with Crippen molar-refractivity contribution in [3.05, 3.63) is 59.3 Å². The minimum absolute atomic E-state index is 0.0199. The number of aliphatic carboxylic acids is 1. The molecule has 1 aromatic heterocycles. The highest BCUT2D eigenvalue weighted by atomic mass is 32.2. The second-order valence-corrected chi connectivity index (χ2v) is 22.6. The number of allylic oxidation sites excluding steroid dienone is 5. The van der Waals surface area contributed by atoms with E-state index in [2.05, 4.69) is 93.3 Å². The van der Waals surface area contributed by atoms with Gasteiger partial charge < -0.3 is 20.1 Å². The van der Waals surface area contributed by atoms with E-state index in [4.69, 9.17) is 4.74 Å². The van der Waals surface area contributed by atoms with Crippen molar-refractivity contribution < 1.29 is 14.6 Å². The molecule has 1 saturated heterocycles. The summed E-state index contributed by atoms with van der Waals surface area (Å²) in [5, 5.41) is 24.3. The monoisotopic (exact) mass is 809 g/mol. The van der Waals surface area contributed by atoms with Gasteiger partial charge in [0.2, 0.25) is 5.88 Å². The Kier molecular flexibility index (Phi) is 11.4. The molecule has 316 valence electrons. The van der Waals surface area contributed by atoms with Crippen LogP contribution in [0.25, 0.3) is 0 Å². The van der Waals surface area contributed by atoms with Crippen molar-refractivity contribution in [2.75, 3.05) is 44.3 Å². The number of pyridine rings is 1. The molecule has 7 aliphatic rings. The number of aromatic nitrogens is 1. The second kappa shape index (κ2) is 15.7. The molecule has 10 atom stereocenters. The molecule has 8 heteroatoms. The topological polar surface area (TPSA) is 98.5 Å². The van der Waals surface area contributed by atoms with Crippen LogP contribution < -0.4 is 10.1 Å². The van der Waals surface area contributed by atoms with Gasteiger partial charge in [0, 0.05) is 49.4 Å². The van der Waals surface area contributed by atoms with Crippen LogP contribution in [-0.4, -0.2) is 70.8 Å². The summed E-state index contributed by atoms with van der Waals surface area (Å²) >= 11 is 2.11. The van der Waals surface area contributed by atoms with Crippen molar-refractivity contribution >= 4 is 17.7 Å². The lowest BCUT2D eigenvalue weighted by Gasteiger charge is -2.72. The molecule has 1 aromatic rings. The fourth-order valence-corrected chi connectivity index (χ4v) is 16.5. The van der Waals surface area contributed by atoms with Crippen LogP contribution in [0, 0.1) is 68.0 Å². The molecule has 0 aromatic carbocycles. The van der Waals surface area contributed by atoms with Gasteiger partial charge in [0.05, 0.1) is 12.0 Å². The maximum absolute atomic E-state index is 12.8. The number of carboxylic acid groups (broad SMARTS) is 1. The van der Waals surface area contributed by atoms with Crippen molar-refractivity contribution in [3.63, 3.8) is 0 Å². The predicted molar refractivity (Wildman–Crippen MR) is 236 cm³/mol. The first-order valence-electron chi connectivity index (χ1n) is 23.0. The highest BCUT2D eigenvalue weighted by Crippen LogP contribution is 2.76. The predicted octanol–water partition coefficient (Wildman–Crippen LogP) is 10.5. The Balaban J connectivity index is 0.999. The van der Waals surface area contributed by atoms with Gasteiger partial charge >= 0.3 is 5.97 Å². The fourth-order valence-electron chi connectivity index (χ4n) is 15.5. The van der Waals surface area contributed by atoms with Crippen molar-refractivity contribution in [1.82, 2.24) is 15.2 Å². The van der Waals surface area contributed by atoms with Gasteiger partial charge in [-0.15, -0.1) is 0 Å². The lowest BCUT2D eigenvalue weighted by molar-refractivity contribution is -0.221. The van der Waals surface area contributed by atoms with Gasteiger partial charge in [-0.1, -0.05) is 58.9 Å². The molecule has 4 saturated carbocycles. The zero-order valence-electron chi connectivity index (χ0n) is 36.6. The zero-order chi connectivity index (χ0) is 41.1. The van der Waals surface area contributed by atoms with E-state index >= 15 is 0 Å². The van der Waals surface area contributed by atoms with Gasteiger partial charge in [-0.25, -0.2) is 4.98 Å². The van der Waals surface area contributed by atoms with Gasteiger partial charge in [0.15, 0.2) is 0 Å². The largest absolute Gasteiger partial charge is 0.481 e. The summed E-state index contributed by atoms with van der Waals surface area (Å²) in [7, 11) is 0. The van der Waals surface area contributed by atoms with Crippen LogP contribution >= 0.6 is 11.8 Å². The standard InChI is InChI=1S/C50H72N4O3S/c1-34(2)37-14-21-50(53-26-27-54-28-31-58-32-29-54)23-22-47(6)39(42(37)50)10-11-41-46(5)17-15-38(45(3,4)40(46)16-18-48(41,47)7)35-12-19-49(20-13-35,44(55)56)24-30-57-43-36(33-51)9-8-25-52-43/h8-9,12,15,25,37,39-42,53H,1,10-11,13-14,16-24,26-32H2,2-7H3,(H,55,56)/t37-,39+,40-,41+,42+,46-,47+,48+,49?,50-/m0/s1. The SMILES string of the molecule is C=C(C)[C@@H]1CC[C@]2(NCCN3CCSCC3)CC[C@]3(C)[C@H](CC[C@@H]4[C@@]5(C)CC=C(C6=CCC(CCOc7ncccc7C#N)(C(=O)O)CC6)C(C)(C)[C@@H]5CC[C@]43C)[C@@H]12. The van der Waals surface area contributed by atoms with Crippen LogP contribution in [0.2, 0.25) is 0 Å². The molecule has 7 nitrogen and oxygen atoms in total. The number of nitriles is 1. The first-order valence-corrected chi connectivity index (χ1v) is 24.1. The summed E-state index contributed by atoms with van der Waals surface area (Å²) in [6, 6.07) is 5.51. The maximum Gasteiger partial charge on any atom is 0.310 e. The van der Waals surface area contributed by atoms with E-state index in [1.54, 1.807) is 18.3 Å². The molecule has 0 bridgehead atoms. The van der Waals surface area contributed by atoms with Crippen molar-refractivity contribution in [1.29, 1.82) is 5.26 Å². The van der Waals surface area contributed by atoms with Crippen molar-refractivity contribution in [2.45, 2.75) is 131 Å². The average Bonchev–Trinajstić information content (AvgIpc) is 3.59. The molecule has 6 aliphatic carbocycles. The number of nitrogens with zero attached hydrogens (tertiary/aromatic N) is 3. The van der Waals surface area contributed by atoms with Gasteiger partial charge in [-0.05, 0) is 165 Å². The Labute approximate surface area is 354 Å². The van der Waals surface area contributed by atoms with Gasteiger partial charge in [-0.3, -0.25) is 4.79 Å². The highest BCUT2D eigenvalue weighted by molar-refractivity contribution is 7.99. The molecule has 5 fully saturated rings. The smallest absolute Gasteiger partial charge is 0.310 e. The molecular formula is C50H72N4O3S. The number of nitrogens with one attached hydrogen (secondary N) is 1. The fraction of sp³-hybridized carbons (Fsp3) is 0.740. The van der Waals surface area contributed by atoms with Crippen LogP contribution in [0.1, 0.15) is 131 Å². The first kappa shape index (κ1) is 42.1. The molecule has 8 rings (SSSR count). The molecule has 1 aliphatic heterocycles. The lowest BCUT2D eigenvalue weighted by Crippen LogP contribution is -2.68.